The number of carbonyl (C=O) groups is 1. The first-order valence-electron chi connectivity index (χ1n) is 8.14. The molecule has 134 valence electrons. The van der Waals surface area contributed by atoms with Gasteiger partial charge in [0, 0.05) is 25.7 Å². The monoisotopic (exact) mass is 343 g/mol. The van der Waals surface area contributed by atoms with Crippen molar-refractivity contribution in [3.63, 3.8) is 0 Å². The molecule has 0 saturated carbocycles. The maximum Gasteiger partial charge on any atom is 0.417 e. The Bertz CT molecular complexity index is 566. The lowest BCUT2D eigenvalue weighted by atomic mass is 9.91. The number of alkyl halides is 3. The van der Waals surface area contributed by atoms with Gasteiger partial charge in [0.25, 0.3) is 5.91 Å². The van der Waals surface area contributed by atoms with Crippen LogP contribution in [0.15, 0.2) is 24.3 Å². The average Bonchev–Trinajstić information content (AvgIpc) is 2.85. The highest BCUT2D eigenvalue weighted by Crippen LogP contribution is 2.32. The summed E-state index contributed by atoms with van der Waals surface area (Å²) in [5, 5.41) is 0. The van der Waals surface area contributed by atoms with Crippen LogP contribution in [0.3, 0.4) is 0 Å². The van der Waals surface area contributed by atoms with Gasteiger partial charge in [-0.2, -0.15) is 13.2 Å². The van der Waals surface area contributed by atoms with Crippen LogP contribution in [0.25, 0.3) is 0 Å². The number of carbonyl (C=O) groups excluding carboxylic acids is 1. The van der Waals surface area contributed by atoms with Crippen LogP contribution in [-0.2, 0) is 6.18 Å². The molecule has 1 amide bonds. The van der Waals surface area contributed by atoms with Crippen molar-refractivity contribution in [3.8, 4) is 0 Å². The largest absolute Gasteiger partial charge is 0.417 e. The predicted molar refractivity (Wildman–Crippen MR) is 86.3 cm³/mol. The van der Waals surface area contributed by atoms with E-state index in [9.17, 15) is 18.0 Å². The number of benzene rings is 1. The van der Waals surface area contributed by atoms with Crippen molar-refractivity contribution in [1.82, 2.24) is 15.8 Å². The molecular formula is C17H24F3N3O. The lowest BCUT2D eigenvalue weighted by Crippen LogP contribution is -2.31. The van der Waals surface area contributed by atoms with Crippen LogP contribution < -0.4 is 10.9 Å². The minimum Gasteiger partial charge on any atom is -0.342 e. The van der Waals surface area contributed by atoms with Crippen molar-refractivity contribution in [2.75, 3.05) is 13.6 Å². The molecule has 2 N–H and O–H groups in total. The van der Waals surface area contributed by atoms with E-state index >= 15 is 0 Å². The lowest BCUT2D eigenvalue weighted by molar-refractivity contribution is -0.138. The Labute approximate surface area is 140 Å². The molecule has 0 radical (unpaired) electrons. The highest BCUT2D eigenvalue weighted by Gasteiger charge is 2.35. The van der Waals surface area contributed by atoms with E-state index in [1.54, 1.807) is 7.05 Å². The summed E-state index contributed by atoms with van der Waals surface area (Å²) in [6.45, 7) is 4.62. The van der Waals surface area contributed by atoms with Crippen LogP contribution in [0.1, 0.15) is 42.6 Å². The molecular weight excluding hydrogens is 319 g/mol. The molecule has 1 fully saturated rings. The van der Waals surface area contributed by atoms with Crippen molar-refractivity contribution < 1.29 is 18.0 Å². The minimum absolute atomic E-state index is 0.293. The fourth-order valence-corrected chi connectivity index (χ4v) is 3.20. The van der Waals surface area contributed by atoms with E-state index < -0.39 is 17.6 Å². The Hall–Kier alpha value is -1.60. The number of nitrogens with one attached hydrogen (secondary N) is 2. The summed E-state index contributed by atoms with van der Waals surface area (Å²) in [6.07, 6.45) is -2.88. The predicted octanol–water partition coefficient (Wildman–Crippen LogP) is 3.06. The van der Waals surface area contributed by atoms with Gasteiger partial charge in [-0.05, 0) is 44.7 Å². The van der Waals surface area contributed by atoms with Crippen LogP contribution >= 0.6 is 0 Å². The standard InChI is InChI=1S/C17H24F3N3O/c1-11-13(12(2)22-21-11)8-6-10-23(3)16(24)14-7-4-5-9-15(14)17(18,19)20/h4-5,7,9,11-13,21-22H,6,8,10H2,1-3H3. The normalized spacial score (nSPS) is 24.2. The van der Waals surface area contributed by atoms with Crippen molar-refractivity contribution in [2.45, 2.75) is 44.9 Å². The van der Waals surface area contributed by atoms with Gasteiger partial charge in [-0.25, -0.2) is 0 Å². The van der Waals surface area contributed by atoms with Gasteiger partial charge in [0.05, 0.1) is 11.1 Å². The lowest BCUT2D eigenvalue weighted by Gasteiger charge is -2.22. The SMILES string of the molecule is CC1NNC(C)C1CCCN(C)C(=O)c1ccccc1C(F)(F)F. The van der Waals surface area contributed by atoms with E-state index in [2.05, 4.69) is 24.7 Å². The van der Waals surface area contributed by atoms with Crippen LogP contribution in [0.4, 0.5) is 13.2 Å². The third-order valence-corrected chi connectivity index (χ3v) is 4.66. The van der Waals surface area contributed by atoms with E-state index in [1.165, 1.54) is 23.1 Å². The minimum atomic E-state index is -4.53. The molecule has 24 heavy (non-hydrogen) atoms. The number of hydrazine groups is 1. The quantitative estimate of drug-likeness (QED) is 0.864. The van der Waals surface area contributed by atoms with Crippen molar-refractivity contribution >= 4 is 5.91 Å². The molecule has 2 unspecified atom stereocenters. The molecule has 0 aliphatic carbocycles. The Morgan fingerprint density at radius 3 is 2.33 bits per heavy atom. The number of nitrogens with zero attached hydrogens (tertiary/aromatic N) is 1. The molecule has 0 spiro atoms. The number of halogens is 3. The van der Waals surface area contributed by atoms with E-state index in [-0.39, 0.29) is 5.56 Å². The Morgan fingerprint density at radius 1 is 1.17 bits per heavy atom. The first-order valence-corrected chi connectivity index (χ1v) is 8.14. The summed E-state index contributed by atoms with van der Waals surface area (Å²) in [6, 6.07) is 5.61. The van der Waals surface area contributed by atoms with Gasteiger partial charge in [0.2, 0.25) is 0 Å². The molecule has 7 heteroatoms. The Balaban J connectivity index is 1.96. The van der Waals surface area contributed by atoms with Gasteiger partial charge in [-0.15, -0.1) is 0 Å². The number of amides is 1. The number of hydrogen-bond acceptors (Lipinski definition) is 3. The smallest absolute Gasteiger partial charge is 0.342 e. The van der Waals surface area contributed by atoms with Gasteiger partial charge in [0.15, 0.2) is 0 Å². The highest BCUT2D eigenvalue weighted by molar-refractivity contribution is 5.95. The average molecular weight is 343 g/mol. The molecule has 1 aromatic rings. The Morgan fingerprint density at radius 2 is 1.75 bits per heavy atom. The highest BCUT2D eigenvalue weighted by atomic mass is 19.4. The van der Waals surface area contributed by atoms with Crippen molar-refractivity contribution in [1.29, 1.82) is 0 Å². The zero-order chi connectivity index (χ0) is 17.9. The zero-order valence-corrected chi connectivity index (χ0v) is 14.2. The third-order valence-electron chi connectivity index (χ3n) is 4.66. The molecule has 1 aliphatic heterocycles. The van der Waals surface area contributed by atoms with Crippen molar-refractivity contribution in [2.24, 2.45) is 5.92 Å². The fraction of sp³-hybridized carbons (Fsp3) is 0.588. The molecule has 1 saturated heterocycles. The van der Waals surface area contributed by atoms with Gasteiger partial charge < -0.3 is 4.90 Å². The first kappa shape index (κ1) is 18.7. The van der Waals surface area contributed by atoms with E-state index in [1.807, 2.05) is 0 Å². The summed E-state index contributed by atoms with van der Waals surface area (Å²) >= 11 is 0. The van der Waals surface area contributed by atoms with Gasteiger partial charge in [-0.1, -0.05) is 12.1 Å². The molecule has 0 bridgehead atoms. The topological polar surface area (TPSA) is 44.4 Å². The number of rotatable bonds is 5. The molecule has 2 rings (SSSR count). The fourth-order valence-electron chi connectivity index (χ4n) is 3.20. The van der Waals surface area contributed by atoms with E-state index in [0.717, 1.165) is 18.9 Å². The van der Waals surface area contributed by atoms with Crippen LogP contribution in [0, 0.1) is 5.92 Å². The maximum absolute atomic E-state index is 13.0. The van der Waals surface area contributed by atoms with Crippen LogP contribution in [0.5, 0.6) is 0 Å². The van der Waals surface area contributed by atoms with Gasteiger partial charge >= 0.3 is 6.18 Å². The van der Waals surface area contributed by atoms with Crippen LogP contribution in [-0.4, -0.2) is 36.5 Å². The molecule has 4 nitrogen and oxygen atoms in total. The first-order chi connectivity index (χ1) is 11.2. The van der Waals surface area contributed by atoms with Gasteiger partial charge in [-0.3, -0.25) is 15.6 Å². The molecule has 2 atom stereocenters. The number of hydrogen-bond donors (Lipinski definition) is 2. The maximum atomic E-state index is 13.0. The third kappa shape index (κ3) is 4.27. The van der Waals surface area contributed by atoms with E-state index in [0.29, 0.717) is 24.5 Å². The second-order valence-electron chi connectivity index (χ2n) is 6.44. The summed E-state index contributed by atoms with van der Waals surface area (Å²) in [4.78, 5) is 13.7. The second-order valence-corrected chi connectivity index (χ2v) is 6.44. The van der Waals surface area contributed by atoms with E-state index in [4.69, 9.17) is 0 Å². The second kappa shape index (κ2) is 7.53. The molecule has 1 heterocycles. The zero-order valence-electron chi connectivity index (χ0n) is 14.2. The summed E-state index contributed by atoms with van der Waals surface area (Å²) in [7, 11) is 1.55. The van der Waals surface area contributed by atoms with Crippen molar-refractivity contribution in [3.05, 3.63) is 35.4 Å². The summed E-state index contributed by atoms with van der Waals surface area (Å²) in [5.74, 6) is -0.150. The molecule has 0 aromatic heterocycles. The Kier molecular flexibility index (Phi) is 5.87. The molecule has 1 aliphatic rings. The summed E-state index contributed by atoms with van der Waals surface area (Å²) in [5.41, 5.74) is 5.17. The van der Waals surface area contributed by atoms with Gasteiger partial charge in [0.1, 0.15) is 0 Å². The summed E-state index contributed by atoms with van der Waals surface area (Å²) < 4.78 is 39.1. The van der Waals surface area contributed by atoms with Crippen LogP contribution in [0.2, 0.25) is 0 Å². The molecule has 1 aromatic carbocycles.